The summed E-state index contributed by atoms with van der Waals surface area (Å²) in [6.07, 6.45) is 4.44. The summed E-state index contributed by atoms with van der Waals surface area (Å²) in [6.45, 7) is 4.52. The maximum Gasteiger partial charge on any atom is 0.224 e. The van der Waals surface area contributed by atoms with E-state index in [9.17, 15) is 4.79 Å². The van der Waals surface area contributed by atoms with Gasteiger partial charge in [0.05, 0.1) is 11.9 Å². The topological polar surface area (TPSA) is 79.8 Å². The molecular formula is C15H19N5O. The van der Waals surface area contributed by atoms with Crippen molar-refractivity contribution in [2.75, 3.05) is 17.2 Å². The van der Waals surface area contributed by atoms with Gasteiger partial charge in [-0.25, -0.2) is 9.97 Å². The number of amides is 1. The second kappa shape index (κ2) is 7.33. The molecule has 0 spiro atoms. The second-order valence-electron chi connectivity index (χ2n) is 4.79. The molecule has 2 rings (SSSR count). The maximum absolute atomic E-state index is 11.7. The first-order valence-electron chi connectivity index (χ1n) is 6.89. The van der Waals surface area contributed by atoms with Gasteiger partial charge in [-0.1, -0.05) is 0 Å². The average molecular weight is 285 g/mol. The van der Waals surface area contributed by atoms with Crippen LogP contribution in [0.5, 0.6) is 0 Å². The highest BCUT2D eigenvalue weighted by atomic mass is 16.1. The molecule has 2 N–H and O–H groups in total. The van der Waals surface area contributed by atoms with Gasteiger partial charge >= 0.3 is 0 Å². The first-order chi connectivity index (χ1) is 10.1. The Balaban J connectivity index is 1.71. The molecule has 0 fully saturated rings. The monoisotopic (exact) mass is 285 g/mol. The molecule has 6 heteroatoms. The summed E-state index contributed by atoms with van der Waals surface area (Å²) in [5.74, 6) is 0.589. The Labute approximate surface area is 124 Å². The van der Waals surface area contributed by atoms with Crippen LogP contribution in [0.15, 0.2) is 30.6 Å². The quantitative estimate of drug-likeness (QED) is 0.796. The molecule has 0 aromatic carbocycles. The molecule has 0 aliphatic carbocycles. The highest BCUT2D eigenvalue weighted by molar-refractivity contribution is 5.90. The lowest BCUT2D eigenvalue weighted by atomic mass is 10.3. The van der Waals surface area contributed by atoms with Crippen LogP contribution in [-0.2, 0) is 4.79 Å². The SMILES string of the molecule is Cc1cc(C)nc(NCCCC(=O)Nc2cccnc2)n1. The van der Waals surface area contributed by atoms with Gasteiger partial charge in [0.25, 0.3) is 0 Å². The smallest absolute Gasteiger partial charge is 0.224 e. The van der Waals surface area contributed by atoms with Gasteiger partial charge < -0.3 is 10.6 Å². The predicted octanol–water partition coefficient (Wildman–Crippen LogP) is 2.32. The van der Waals surface area contributed by atoms with E-state index in [1.54, 1.807) is 18.5 Å². The Kier molecular flexibility index (Phi) is 5.20. The molecule has 0 radical (unpaired) electrons. The lowest BCUT2D eigenvalue weighted by Gasteiger charge is -2.07. The number of pyridine rings is 1. The zero-order valence-corrected chi connectivity index (χ0v) is 12.3. The Hall–Kier alpha value is -2.50. The number of nitrogens with one attached hydrogen (secondary N) is 2. The second-order valence-corrected chi connectivity index (χ2v) is 4.79. The summed E-state index contributed by atoms with van der Waals surface area (Å²) >= 11 is 0. The third-order valence-electron chi connectivity index (χ3n) is 2.79. The zero-order chi connectivity index (χ0) is 15.1. The number of hydrogen-bond acceptors (Lipinski definition) is 5. The largest absolute Gasteiger partial charge is 0.354 e. The minimum Gasteiger partial charge on any atom is -0.354 e. The van der Waals surface area contributed by atoms with Gasteiger partial charge in [-0.2, -0.15) is 0 Å². The molecule has 110 valence electrons. The predicted molar refractivity (Wildman–Crippen MR) is 82.1 cm³/mol. The third-order valence-corrected chi connectivity index (χ3v) is 2.79. The molecule has 0 atom stereocenters. The van der Waals surface area contributed by atoms with E-state index in [0.717, 1.165) is 11.4 Å². The Morgan fingerprint density at radius 2 is 2.00 bits per heavy atom. The number of nitrogens with zero attached hydrogens (tertiary/aromatic N) is 3. The standard InChI is InChI=1S/C15H19N5O/c1-11-9-12(2)19-15(18-11)17-8-4-6-14(21)20-13-5-3-7-16-10-13/h3,5,7,9-10H,4,6,8H2,1-2H3,(H,20,21)(H,17,18,19). The van der Waals surface area contributed by atoms with Crippen molar-refractivity contribution in [3.8, 4) is 0 Å². The molecule has 21 heavy (non-hydrogen) atoms. The molecule has 1 amide bonds. The minimum absolute atomic E-state index is 0.0221. The van der Waals surface area contributed by atoms with Crippen LogP contribution in [0.3, 0.4) is 0 Å². The van der Waals surface area contributed by atoms with Gasteiger partial charge in [-0.15, -0.1) is 0 Å². The van der Waals surface area contributed by atoms with E-state index in [0.29, 0.717) is 31.0 Å². The first-order valence-corrected chi connectivity index (χ1v) is 6.89. The average Bonchev–Trinajstić information content (AvgIpc) is 2.44. The molecule has 0 aliphatic rings. The molecule has 2 aromatic heterocycles. The van der Waals surface area contributed by atoms with Crippen LogP contribution < -0.4 is 10.6 Å². The van der Waals surface area contributed by atoms with Gasteiger partial charge in [0.15, 0.2) is 0 Å². The van der Waals surface area contributed by atoms with E-state index >= 15 is 0 Å². The molecule has 0 saturated carbocycles. The van der Waals surface area contributed by atoms with Crippen molar-refractivity contribution >= 4 is 17.5 Å². The van der Waals surface area contributed by atoms with Crippen molar-refractivity contribution in [2.24, 2.45) is 0 Å². The molecule has 0 saturated heterocycles. The summed E-state index contributed by atoms with van der Waals surface area (Å²) in [6, 6.07) is 5.52. The van der Waals surface area contributed by atoms with Crippen molar-refractivity contribution in [1.82, 2.24) is 15.0 Å². The van der Waals surface area contributed by atoms with E-state index in [1.807, 2.05) is 26.0 Å². The molecular weight excluding hydrogens is 266 g/mol. The maximum atomic E-state index is 11.7. The third kappa shape index (κ3) is 5.18. The lowest BCUT2D eigenvalue weighted by molar-refractivity contribution is -0.116. The van der Waals surface area contributed by atoms with Crippen LogP contribution in [-0.4, -0.2) is 27.4 Å². The van der Waals surface area contributed by atoms with Crippen molar-refractivity contribution in [3.63, 3.8) is 0 Å². The molecule has 2 heterocycles. The Morgan fingerprint density at radius 3 is 2.67 bits per heavy atom. The van der Waals surface area contributed by atoms with E-state index in [-0.39, 0.29) is 5.91 Å². The highest BCUT2D eigenvalue weighted by Crippen LogP contribution is 2.06. The molecule has 0 bridgehead atoms. The van der Waals surface area contributed by atoms with E-state index in [1.165, 1.54) is 0 Å². The van der Waals surface area contributed by atoms with Crippen LogP contribution in [0.2, 0.25) is 0 Å². The molecule has 6 nitrogen and oxygen atoms in total. The van der Waals surface area contributed by atoms with Gasteiger partial charge in [-0.3, -0.25) is 9.78 Å². The summed E-state index contributed by atoms with van der Waals surface area (Å²) in [5.41, 5.74) is 2.58. The van der Waals surface area contributed by atoms with Crippen LogP contribution >= 0.6 is 0 Å². The summed E-state index contributed by atoms with van der Waals surface area (Å²) in [5, 5.41) is 5.93. The fraction of sp³-hybridized carbons (Fsp3) is 0.333. The van der Waals surface area contributed by atoms with E-state index in [2.05, 4.69) is 25.6 Å². The van der Waals surface area contributed by atoms with Crippen LogP contribution in [0.4, 0.5) is 11.6 Å². The molecule has 0 aliphatic heterocycles. The zero-order valence-electron chi connectivity index (χ0n) is 12.3. The number of anilines is 2. The van der Waals surface area contributed by atoms with Gasteiger partial charge in [0.2, 0.25) is 11.9 Å². The van der Waals surface area contributed by atoms with Gasteiger partial charge in [0.1, 0.15) is 0 Å². The van der Waals surface area contributed by atoms with Crippen LogP contribution in [0.1, 0.15) is 24.2 Å². The summed E-state index contributed by atoms with van der Waals surface area (Å²) in [7, 11) is 0. The van der Waals surface area contributed by atoms with Crippen molar-refractivity contribution < 1.29 is 4.79 Å². The Bertz CT molecular complexity index is 580. The van der Waals surface area contributed by atoms with Gasteiger partial charge in [0, 0.05) is 30.6 Å². The van der Waals surface area contributed by atoms with E-state index < -0.39 is 0 Å². The number of hydrogen-bond donors (Lipinski definition) is 2. The summed E-state index contributed by atoms with van der Waals surface area (Å²) < 4.78 is 0. The number of carbonyl (C=O) groups is 1. The first kappa shape index (κ1) is 14.9. The number of aryl methyl sites for hydroxylation is 2. The van der Waals surface area contributed by atoms with Gasteiger partial charge in [-0.05, 0) is 38.5 Å². The van der Waals surface area contributed by atoms with E-state index in [4.69, 9.17) is 0 Å². The summed E-state index contributed by atoms with van der Waals surface area (Å²) in [4.78, 5) is 24.3. The molecule has 2 aromatic rings. The van der Waals surface area contributed by atoms with Crippen molar-refractivity contribution in [2.45, 2.75) is 26.7 Å². The van der Waals surface area contributed by atoms with Crippen LogP contribution in [0, 0.1) is 13.8 Å². The lowest BCUT2D eigenvalue weighted by Crippen LogP contribution is -2.14. The Morgan fingerprint density at radius 1 is 1.24 bits per heavy atom. The number of rotatable bonds is 6. The minimum atomic E-state index is -0.0221. The molecule has 0 unspecified atom stereocenters. The van der Waals surface area contributed by atoms with Crippen LogP contribution in [0.25, 0.3) is 0 Å². The fourth-order valence-corrected chi connectivity index (χ4v) is 1.91. The number of aromatic nitrogens is 3. The van der Waals surface area contributed by atoms with Crippen molar-refractivity contribution in [3.05, 3.63) is 42.0 Å². The highest BCUT2D eigenvalue weighted by Gasteiger charge is 2.03. The van der Waals surface area contributed by atoms with Crippen molar-refractivity contribution in [1.29, 1.82) is 0 Å². The normalized spacial score (nSPS) is 10.2. The fourth-order valence-electron chi connectivity index (χ4n) is 1.91. The number of carbonyl (C=O) groups excluding carboxylic acids is 1.